The van der Waals surface area contributed by atoms with E-state index in [0.717, 1.165) is 6.42 Å². The van der Waals surface area contributed by atoms with Crippen molar-refractivity contribution in [3.8, 4) is 5.75 Å². The normalized spacial score (nSPS) is 11.0. The minimum absolute atomic E-state index is 0.367. The van der Waals surface area contributed by atoms with E-state index in [4.69, 9.17) is 17.5 Å². The summed E-state index contributed by atoms with van der Waals surface area (Å²) in [6.45, 7) is 2.27. The molecule has 1 aromatic rings. The molecule has 0 aliphatic carbocycles. The summed E-state index contributed by atoms with van der Waals surface area (Å²) in [5.41, 5.74) is 1.34. The maximum Gasteiger partial charge on any atom is 0.394 e. The number of benzene rings is 1. The van der Waals surface area contributed by atoms with Gasteiger partial charge in [0.15, 0.2) is 0 Å². The van der Waals surface area contributed by atoms with E-state index in [2.05, 4.69) is 6.92 Å². The van der Waals surface area contributed by atoms with Crippen molar-refractivity contribution in [3.05, 3.63) is 29.8 Å². The van der Waals surface area contributed by atoms with Crippen molar-refractivity contribution in [1.82, 2.24) is 0 Å². The average Bonchev–Trinajstić information content (AvgIpc) is 2.49. The van der Waals surface area contributed by atoms with Crippen LogP contribution in [0.15, 0.2) is 24.3 Å². The number of phenolic OH excluding ortho intramolecular Hbond substituents is 1. The second-order valence-electron chi connectivity index (χ2n) is 6.05. The largest absolute Gasteiger partial charge is 0.508 e. The molecule has 0 spiro atoms. The van der Waals surface area contributed by atoms with Crippen LogP contribution in [0.25, 0.3) is 0 Å². The van der Waals surface area contributed by atoms with Gasteiger partial charge in [-0.25, -0.2) is 0 Å². The van der Waals surface area contributed by atoms with E-state index in [1.54, 1.807) is 12.1 Å². The number of aromatic hydroxyl groups is 1. The van der Waals surface area contributed by atoms with Crippen molar-refractivity contribution < 1.29 is 22.6 Å². The van der Waals surface area contributed by atoms with E-state index in [-0.39, 0.29) is 0 Å². The van der Waals surface area contributed by atoms with Gasteiger partial charge in [-0.05, 0) is 30.5 Å². The molecule has 0 atom stereocenters. The van der Waals surface area contributed by atoms with E-state index >= 15 is 0 Å². The third-order valence-electron chi connectivity index (χ3n) is 3.76. The molecule has 0 radical (unpaired) electrons. The predicted molar refractivity (Wildman–Crippen MR) is 97.8 cm³/mol. The average molecular weight is 361 g/mol. The monoisotopic (exact) mass is 360 g/mol. The molecule has 140 valence electrons. The SMILES string of the molecule is CCCCCCCCCCCCc1ccc(O)cc1.O=S(=O)(O)O. The smallest absolute Gasteiger partial charge is 0.394 e. The minimum Gasteiger partial charge on any atom is -0.508 e. The van der Waals surface area contributed by atoms with Crippen LogP contribution in [0.2, 0.25) is 0 Å². The predicted octanol–water partition coefficient (Wildman–Crippen LogP) is 5.20. The number of unbranched alkanes of at least 4 members (excludes halogenated alkanes) is 9. The molecule has 0 aromatic heterocycles. The summed E-state index contributed by atoms with van der Waals surface area (Å²) in [4.78, 5) is 0. The van der Waals surface area contributed by atoms with Crippen molar-refractivity contribution in [2.45, 2.75) is 77.6 Å². The second-order valence-corrected chi connectivity index (χ2v) is 6.94. The summed E-state index contributed by atoms with van der Waals surface area (Å²) in [7, 11) is -4.67. The highest BCUT2D eigenvalue weighted by atomic mass is 32.3. The summed E-state index contributed by atoms with van der Waals surface area (Å²) in [6, 6.07) is 7.63. The highest BCUT2D eigenvalue weighted by molar-refractivity contribution is 7.79. The lowest BCUT2D eigenvalue weighted by Gasteiger charge is -2.03. The van der Waals surface area contributed by atoms with Gasteiger partial charge in [-0.2, -0.15) is 8.42 Å². The molecular weight excluding hydrogens is 328 g/mol. The third kappa shape index (κ3) is 18.9. The zero-order valence-electron chi connectivity index (χ0n) is 14.7. The van der Waals surface area contributed by atoms with Crippen LogP contribution in [0.3, 0.4) is 0 Å². The molecule has 0 aliphatic heterocycles. The first kappa shape index (κ1) is 22.9. The first-order chi connectivity index (χ1) is 11.3. The van der Waals surface area contributed by atoms with Crippen LogP contribution in [0, 0.1) is 0 Å². The van der Waals surface area contributed by atoms with E-state index in [1.165, 1.54) is 69.8 Å². The van der Waals surface area contributed by atoms with Gasteiger partial charge in [0.05, 0.1) is 0 Å². The van der Waals surface area contributed by atoms with Crippen LogP contribution in [-0.2, 0) is 16.8 Å². The molecule has 0 bridgehead atoms. The number of hydrogen-bond acceptors (Lipinski definition) is 3. The summed E-state index contributed by atoms with van der Waals surface area (Å²) in [5, 5.41) is 9.20. The maximum absolute atomic E-state index is 9.20. The molecule has 0 fully saturated rings. The van der Waals surface area contributed by atoms with Gasteiger partial charge >= 0.3 is 10.4 Å². The van der Waals surface area contributed by atoms with Gasteiger partial charge in [0.25, 0.3) is 0 Å². The highest BCUT2D eigenvalue weighted by Crippen LogP contribution is 2.14. The lowest BCUT2D eigenvalue weighted by Crippen LogP contribution is -1.89. The Morgan fingerprint density at radius 2 is 1.12 bits per heavy atom. The summed E-state index contributed by atoms with van der Waals surface area (Å²) < 4.78 is 31.6. The van der Waals surface area contributed by atoms with Crippen LogP contribution in [0.1, 0.15) is 76.7 Å². The van der Waals surface area contributed by atoms with Gasteiger partial charge < -0.3 is 5.11 Å². The maximum atomic E-state index is 9.20. The first-order valence-corrected chi connectivity index (χ1v) is 10.2. The third-order valence-corrected chi connectivity index (χ3v) is 3.76. The lowest BCUT2D eigenvalue weighted by atomic mass is 10.0. The van der Waals surface area contributed by atoms with Crippen LogP contribution in [0.4, 0.5) is 0 Å². The first-order valence-electron chi connectivity index (χ1n) is 8.80. The van der Waals surface area contributed by atoms with E-state index < -0.39 is 10.4 Å². The zero-order chi connectivity index (χ0) is 18.3. The standard InChI is InChI=1S/C18H30O.H2O4S/c1-2-3-4-5-6-7-8-9-10-11-12-17-13-15-18(19)16-14-17;1-5(2,3)4/h13-16,19H,2-12H2,1H3;(H2,1,2,3,4). The zero-order valence-corrected chi connectivity index (χ0v) is 15.5. The Morgan fingerprint density at radius 1 is 0.750 bits per heavy atom. The van der Waals surface area contributed by atoms with Crippen molar-refractivity contribution in [1.29, 1.82) is 0 Å². The summed E-state index contributed by atoms with van der Waals surface area (Å²) in [5.74, 6) is 0.367. The fourth-order valence-electron chi connectivity index (χ4n) is 2.48. The summed E-state index contributed by atoms with van der Waals surface area (Å²) >= 11 is 0. The van der Waals surface area contributed by atoms with Crippen molar-refractivity contribution in [3.63, 3.8) is 0 Å². The molecule has 1 rings (SSSR count). The Labute approximate surface area is 146 Å². The van der Waals surface area contributed by atoms with Crippen LogP contribution in [-0.4, -0.2) is 22.6 Å². The Hall–Kier alpha value is -1.11. The molecule has 24 heavy (non-hydrogen) atoms. The summed E-state index contributed by atoms with van der Waals surface area (Å²) in [6.07, 6.45) is 15.0. The fraction of sp³-hybridized carbons (Fsp3) is 0.667. The van der Waals surface area contributed by atoms with Crippen molar-refractivity contribution in [2.75, 3.05) is 0 Å². The lowest BCUT2D eigenvalue weighted by molar-refractivity contribution is 0.381. The molecule has 3 N–H and O–H groups in total. The quantitative estimate of drug-likeness (QED) is 0.372. The van der Waals surface area contributed by atoms with Crippen molar-refractivity contribution in [2.24, 2.45) is 0 Å². The van der Waals surface area contributed by atoms with Gasteiger partial charge in [0, 0.05) is 0 Å². The molecule has 5 nitrogen and oxygen atoms in total. The Morgan fingerprint density at radius 3 is 1.54 bits per heavy atom. The Kier molecular flexibility index (Phi) is 13.6. The molecule has 0 amide bonds. The Balaban J connectivity index is 0.000000922. The van der Waals surface area contributed by atoms with Gasteiger partial charge in [-0.15, -0.1) is 0 Å². The number of rotatable bonds is 11. The van der Waals surface area contributed by atoms with Gasteiger partial charge in [0.1, 0.15) is 5.75 Å². The van der Waals surface area contributed by atoms with E-state index in [1.807, 2.05) is 12.1 Å². The van der Waals surface area contributed by atoms with Gasteiger partial charge in [-0.1, -0.05) is 76.8 Å². The van der Waals surface area contributed by atoms with Crippen LogP contribution >= 0.6 is 0 Å². The van der Waals surface area contributed by atoms with Crippen molar-refractivity contribution >= 4 is 10.4 Å². The molecular formula is C18H32O5S. The van der Waals surface area contributed by atoms with Crippen LogP contribution in [0.5, 0.6) is 5.75 Å². The van der Waals surface area contributed by atoms with Gasteiger partial charge in [0.2, 0.25) is 0 Å². The number of hydrogen-bond donors (Lipinski definition) is 3. The van der Waals surface area contributed by atoms with Gasteiger partial charge in [-0.3, -0.25) is 9.11 Å². The fourth-order valence-corrected chi connectivity index (χ4v) is 2.48. The number of phenols is 1. The molecule has 6 heteroatoms. The molecule has 0 heterocycles. The van der Waals surface area contributed by atoms with E-state index in [0.29, 0.717) is 5.75 Å². The molecule has 0 aliphatic rings. The second kappa shape index (κ2) is 14.3. The molecule has 0 saturated heterocycles. The molecule has 0 saturated carbocycles. The highest BCUT2D eigenvalue weighted by Gasteiger charge is 1.95. The van der Waals surface area contributed by atoms with Crippen LogP contribution < -0.4 is 0 Å². The molecule has 1 aromatic carbocycles. The number of aryl methyl sites for hydroxylation is 1. The van der Waals surface area contributed by atoms with E-state index in [9.17, 15) is 5.11 Å². The Bertz CT molecular complexity index is 489. The minimum atomic E-state index is -4.67. The molecule has 0 unspecified atom stereocenters. The topological polar surface area (TPSA) is 94.8 Å².